The van der Waals surface area contributed by atoms with Crippen LogP contribution in [0.1, 0.15) is 21.5 Å². The van der Waals surface area contributed by atoms with E-state index in [2.05, 4.69) is 5.32 Å². The molecule has 0 unspecified atom stereocenters. The summed E-state index contributed by atoms with van der Waals surface area (Å²) >= 11 is 0. The molecule has 0 atom stereocenters. The lowest BCUT2D eigenvalue weighted by Crippen LogP contribution is -2.27. The zero-order valence-electron chi connectivity index (χ0n) is 15.7. The zero-order valence-corrected chi connectivity index (χ0v) is 15.7. The van der Waals surface area contributed by atoms with Crippen LogP contribution in [-0.2, 0) is 17.1 Å². The summed E-state index contributed by atoms with van der Waals surface area (Å²) in [7, 11) is 3.09. The fraction of sp³-hybridized carbons (Fsp3) is 0.263. The van der Waals surface area contributed by atoms with E-state index in [0.717, 1.165) is 0 Å². The van der Waals surface area contributed by atoms with Gasteiger partial charge < -0.3 is 15.0 Å². The molecule has 0 heterocycles. The Kier molecular flexibility index (Phi) is 6.63. The number of rotatable bonds is 5. The maximum Gasteiger partial charge on any atom is 0.416 e. The minimum atomic E-state index is -5.06. The molecule has 0 bridgehead atoms. The molecule has 0 aliphatic heterocycles. The molecule has 0 spiro atoms. The second-order valence-electron chi connectivity index (χ2n) is 6.35. The summed E-state index contributed by atoms with van der Waals surface area (Å²) in [5, 5.41) is 2.22. The number of ether oxygens (including phenoxy) is 1. The molecule has 2 rings (SSSR count). The first-order valence-electron chi connectivity index (χ1n) is 8.31. The molecule has 1 N–H and O–H groups in total. The topological polar surface area (TPSA) is 58.6 Å². The van der Waals surface area contributed by atoms with Crippen LogP contribution in [0.4, 0.5) is 32.0 Å². The maximum absolute atomic E-state index is 12.9. The number of likely N-dealkylation sites (N-methyl/N-ethyl adjacent to an activating group) is 1. The number of hydrogen-bond acceptors (Lipinski definition) is 3. The zero-order chi connectivity index (χ0) is 22.7. The Balaban J connectivity index is 2.18. The first-order chi connectivity index (χ1) is 13.8. The lowest BCUT2D eigenvalue weighted by atomic mass is 10.0. The molecule has 0 aliphatic rings. The van der Waals surface area contributed by atoms with E-state index in [1.165, 1.54) is 29.2 Å². The number of alkyl halides is 6. The molecule has 2 aromatic carbocycles. The van der Waals surface area contributed by atoms with E-state index in [-0.39, 0.29) is 30.0 Å². The Morgan fingerprint density at radius 1 is 0.900 bits per heavy atom. The standard InChI is InChI=1S/C19H16F6N2O3/c1-27(2)16(28)10-30-15-5-3-14(4-6-15)26-17(29)11-7-12(18(20,21)22)9-13(8-11)19(23,24)25/h3-9H,10H2,1-2H3,(H,26,29). The first kappa shape index (κ1) is 23.0. The molecule has 2 aromatic rings. The number of carbonyl (C=O) groups excluding carboxylic acids is 2. The van der Waals surface area contributed by atoms with Crippen molar-refractivity contribution in [2.45, 2.75) is 12.4 Å². The molecule has 0 saturated carbocycles. The second kappa shape index (κ2) is 8.64. The van der Waals surface area contributed by atoms with Crippen molar-refractivity contribution in [1.29, 1.82) is 0 Å². The molecule has 0 aromatic heterocycles. The maximum atomic E-state index is 12.9. The third-order valence-electron chi connectivity index (χ3n) is 3.82. The number of carbonyl (C=O) groups is 2. The van der Waals surface area contributed by atoms with E-state index >= 15 is 0 Å². The molecule has 30 heavy (non-hydrogen) atoms. The molecule has 2 amide bonds. The summed E-state index contributed by atoms with van der Waals surface area (Å²) in [5.74, 6) is -1.16. The van der Waals surface area contributed by atoms with Crippen LogP contribution in [0.3, 0.4) is 0 Å². The van der Waals surface area contributed by atoms with Gasteiger partial charge in [-0.05, 0) is 42.5 Å². The molecule has 11 heteroatoms. The van der Waals surface area contributed by atoms with Gasteiger partial charge >= 0.3 is 12.4 Å². The quantitative estimate of drug-likeness (QED) is 0.708. The highest BCUT2D eigenvalue weighted by Crippen LogP contribution is 2.36. The van der Waals surface area contributed by atoms with Crippen LogP contribution in [0.15, 0.2) is 42.5 Å². The van der Waals surface area contributed by atoms with E-state index in [1.807, 2.05) is 0 Å². The van der Waals surface area contributed by atoms with E-state index in [0.29, 0.717) is 12.1 Å². The summed E-state index contributed by atoms with van der Waals surface area (Å²) < 4.78 is 82.7. The molecule has 5 nitrogen and oxygen atoms in total. The Labute approximate surface area is 167 Å². The van der Waals surface area contributed by atoms with Crippen molar-refractivity contribution < 1.29 is 40.7 Å². The average molecular weight is 434 g/mol. The summed E-state index contributed by atoms with van der Waals surface area (Å²) in [4.78, 5) is 25.0. The number of hydrogen-bond donors (Lipinski definition) is 1. The van der Waals surface area contributed by atoms with E-state index in [1.54, 1.807) is 14.1 Å². The second-order valence-corrected chi connectivity index (χ2v) is 6.35. The first-order valence-corrected chi connectivity index (χ1v) is 8.31. The largest absolute Gasteiger partial charge is 0.484 e. The highest BCUT2D eigenvalue weighted by Gasteiger charge is 2.37. The normalized spacial score (nSPS) is 11.7. The summed E-state index contributed by atoms with van der Waals surface area (Å²) in [6.45, 7) is -0.233. The SMILES string of the molecule is CN(C)C(=O)COc1ccc(NC(=O)c2cc(C(F)(F)F)cc(C(F)(F)F)c2)cc1. The molecule has 0 radical (unpaired) electrons. The number of benzene rings is 2. The summed E-state index contributed by atoms with van der Waals surface area (Å²) in [5.41, 5.74) is -3.86. The lowest BCUT2D eigenvalue weighted by molar-refractivity contribution is -0.143. The molecular formula is C19H16F6N2O3. The van der Waals surface area contributed by atoms with Crippen molar-refractivity contribution in [1.82, 2.24) is 4.90 Å². The van der Waals surface area contributed by atoms with Crippen molar-refractivity contribution in [3.63, 3.8) is 0 Å². The van der Waals surface area contributed by atoms with Gasteiger partial charge in [-0.15, -0.1) is 0 Å². The summed E-state index contributed by atoms with van der Waals surface area (Å²) in [6, 6.07) is 6.04. The van der Waals surface area contributed by atoms with Gasteiger partial charge in [-0.1, -0.05) is 0 Å². The van der Waals surface area contributed by atoms with Gasteiger partial charge in [0.15, 0.2) is 6.61 Å². The number of nitrogens with zero attached hydrogens (tertiary/aromatic N) is 1. The fourth-order valence-corrected chi connectivity index (χ4v) is 2.20. The molecular weight excluding hydrogens is 418 g/mol. The van der Waals surface area contributed by atoms with Crippen LogP contribution in [0, 0.1) is 0 Å². The van der Waals surface area contributed by atoms with Crippen LogP contribution in [0.2, 0.25) is 0 Å². The van der Waals surface area contributed by atoms with E-state index < -0.39 is 35.0 Å². The van der Waals surface area contributed by atoms with Crippen LogP contribution in [-0.4, -0.2) is 37.4 Å². The van der Waals surface area contributed by atoms with Gasteiger partial charge in [0.2, 0.25) is 0 Å². The number of anilines is 1. The van der Waals surface area contributed by atoms with Crippen LogP contribution in [0.5, 0.6) is 5.75 Å². The van der Waals surface area contributed by atoms with E-state index in [4.69, 9.17) is 4.74 Å². The van der Waals surface area contributed by atoms with Gasteiger partial charge in [-0.3, -0.25) is 9.59 Å². The van der Waals surface area contributed by atoms with Crippen LogP contribution in [0.25, 0.3) is 0 Å². The number of nitrogens with one attached hydrogen (secondary N) is 1. The number of halogens is 6. The average Bonchev–Trinajstić information content (AvgIpc) is 2.65. The third-order valence-corrected chi connectivity index (χ3v) is 3.82. The molecule has 0 fully saturated rings. The highest BCUT2D eigenvalue weighted by molar-refractivity contribution is 6.04. The molecule has 0 saturated heterocycles. The van der Waals surface area contributed by atoms with E-state index in [9.17, 15) is 35.9 Å². The van der Waals surface area contributed by atoms with Gasteiger partial charge in [0.25, 0.3) is 11.8 Å². The molecule has 0 aliphatic carbocycles. The van der Waals surface area contributed by atoms with Crippen molar-refractivity contribution in [2.24, 2.45) is 0 Å². The van der Waals surface area contributed by atoms with Gasteiger partial charge in [0, 0.05) is 25.3 Å². The predicted octanol–water partition coefficient (Wildman–Crippen LogP) is 4.44. The summed E-state index contributed by atoms with van der Waals surface area (Å²) in [6.07, 6.45) is -10.1. The minimum Gasteiger partial charge on any atom is -0.484 e. The highest BCUT2D eigenvalue weighted by atomic mass is 19.4. The number of amides is 2. The van der Waals surface area contributed by atoms with Crippen molar-refractivity contribution in [3.05, 3.63) is 59.2 Å². The van der Waals surface area contributed by atoms with Crippen LogP contribution < -0.4 is 10.1 Å². The Bertz CT molecular complexity index is 889. The van der Waals surface area contributed by atoms with Gasteiger partial charge in [-0.25, -0.2) is 0 Å². The van der Waals surface area contributed by atoms with Crippen molar-refractivity contribution in [3.8, 4) is 5.75 Å². The van der Waals surface area contributed by atoms with Crippen molar-refractivity contribution >= 4 is 17.5 Å². The molecule has 162 valence electrons. The Morgan fingerprint density at radius 2 is 1.40 bits per heavy atom. The van der Waals surface area contributed by atoms with Crippen LogP contribution >= 0.6 is 0 Å². The predicted molar refractivity (Wildman–Crippen MR) is 95.0 cm³/mol. The smallest absolute Gasteiger partial charge is 0.416 e. The van der Waals surface area contributed by atoms with Gasteiger partial charge in [0.1, 0.15) is 5.75 Å². The Hall–Kier alpha value is -3.24. The van der Waals surface area contributed by atoms with Gasteiger partial charge in [-0.2, -0.15) is 26.3 Å². The fourth-order valence-electron chi connectivity index (χ4n) is 2.20. The monoisotopic (exact) mass is 434 g/mol. The minimum absolute atomic E-state index is 0.0576. The van der Waals surface area contributed by atoms with Crippen molar-refractivity contribution in [2.75, 3.05) is 26.0 Å². The lowest BCUT2D eigenvalue weighted by Gasteiger charge is -2.14. The Morgan fingerprint density at radius 3 is 1.83 bits per heavy atom. The van der Waals surface area contributed by atoms with Gasteiger partial charge in [0.05, 0.1) is 11.1 Å². The third kappa shape index (κ3) is 6.13.